The summed E-state index contributed by atoms with van der Waals surface area (Å²) in [7, 11) is 0. The van der Waals surface area contributed by atoms with Gasteiger partial charge in [0.2, 0.25) is 0 Å². The van der Waals surface area contributed by atoms with Crippen LogP contribution < -0.4 is 10.2 Å². The van der Waals surface area contributed by atoms with E-state index in [-0.39, 0.29) is 17.4 Å². The molecule has 2 aromatic heterocycles. The van der Waals surface area contributed by atoms with Crippen molar-refractivity contribution >= 4 is 38.6 Å². The Balaban J connectivity index is 1.37. The van der Waals surface area contributed by atoms with Crippen molar-refractivity contribution in [1.82, 2.24) is 20.2 Å². The second kappa shape index (κ2) is 8.02. The fourth-order valence-electron chi connectivity index (χ4n) is 3.35. The molecule has 3 aromatic rings. The highest BCUT2D eigenvalue weighted by Gasteiger charge is 2.24. The second-order valence-electron chi connectivity index (χ2n) is 8.38. The Kier molecular flexibility index (Phi) is 5.42. The minimum atomic E-state index is -0.301. The predicted octanol–water partition coefficient (Wildman–Crippen LogP) is 3.18. The van der Waals surface area contributed by atoms with Crippen molar-refractivity contribution in [2.75, 3.05) is 31.1 Å². The SMILES string of the molecule is CC(C)(C)NC(=O)c1ccc(C(=O)N2CCN(c3nc4cccnc4s3)CC2)cc1. The van der Waals surface area contributed by atoms with Crippen LogP contribution in [0.25, 0.3) is 10.3 Å². The molecule has 1 aliphatic rings. The number of thiazole rings is 1. The molecule has 0 unspecified atom stereocenters. The summed E-state index contributed by atoms with van der Waals surface area (Å²) >= 11 is 1.58. The normalized spacial score (nSPS) is 14.8. The minimum absolute atomic E-state index is 0.0107. The number of benzene rings is 1. The number of carbonyl (C=O) groups excluding carboxylic acids is 2. The van der Waals surface area contributed by atoms with E-state index < -0.39 is 0 Å². The molecule has 1 saturated heterocycles. The molecule has 0 spiro atoms. The third-order valence-electron chi connectivity index (χ3n) is 4.88. The van der Waals surface area contributed by atoms with E-state index in [1.54, 1.807) is 41.8 Å². The number of piperazine rings is 1. The topological polar surface area (TPSA) is 78.4 Å². The van der Waals surface area contributed by atoms with Crippen LogP contribution >= 0.6 is 11.3 Å². The number of nitrogens with zero attached hydrogens (tertiary/aromatic N) is 4. The maximum Gasteiger partial charge on any atom is 0.253 e. The van der Waals surface area contributed by atoms with Gasteiger partial charge in [0.15, 0.2) is 5.13 Å². The first-order chi connectivity index (χ1) is 14.3. The van der Waals surface area contributed by atoms with E-state index in [1.165, 1.54) is 0 Å². The standard InChI is InChI=1S/C22H25N5O2S/c1-22(2,3)25-18(28)15-6-8-16(9-7-15)20(29)26-11-13-27(14-12-26)21-24-17-5-4-10-23-19(17)30-21/h4-10H,11-14H2,1-3H3,(H,25,28). The maximum absolute atomic E-state index is 12.9. The fraction of sp³-hybridized carbons (Fsp3) is 0.364. The maximum atomic E-state index is 12.9. The zero-order valence-corrected chi connectivity index (χ0v) is 18.2. The van der Waals surface area contributed by atoms with E-state index in [0.29, 0.717) is 24.2 Å². The lowest BCUT2D eigenvalue weighted by atomic mass is 10.1. The Morgan fingerprint density at radius 2 is 1.67 bits per heavy atom. The number of hydrogen-bond acceptors (Lipinski definition) is 6. The Hall–Kier alpha value is -3.00. The van der Waals surface area contributed by atoms with Gasteiger partial charge in [-0.1, -0.05) is 11.3 Å². The van der Waals surface area contributed by atoms with Gasteiger partial charge in [0.1, 0.15) is 10.3 Å². The first-order valence-corrected chi connectivity index (χ1v) is 10.8. The molecule has 0 radical (unpaired) electrons. The lowest BCUT2D eigenvalue weighted by Gasteiger charge is -2.34. The highest BCUT2D eigenvalue weighted by molar-refractivity contribution is 7.21. The van der Waals surface area contributed by atoms with Gasteiger partial charge in [0, 0.05) is 49.0 Å². The first kappa shape index (κ1) is 20.3. The lowest BCUT2D eigenvalue weighted by Crippen LogP contribution is -2.48. The molecule has 0 aliphatic carbocycles. The number of hydrogen-bond donors (Lipinski definition) is 1. The van der Waals surface area contributed by atoms with Crippen LogP contribution in [0.2, 0.25) is 0 Å². The number of aromatic nitrogens is 2. The van der Waals surface area contributed by atoms with Crippen LogP contribution in [0.4, 0.5) is 5.13 Å². The number of nitrogens with one attached hydrogen (secondary N) is 1. The smallest absolute Gasteiger partial charge is 0.253 e. The lowest BCUT2D eigenvalue weighted by molar-refractivity contribution is 0.0746. The average Bonchev–Trinajstić information content (AvgIpc) is 3.16. The third-order valence-corrected chi connectivity index (χ3v) is 5.92. The predicted molar refractivity (Wildman–Crippen MR) is 119 cm³/mol. The number of carbonyl (C=O) groups is 2. The molecule has 8 heteroatoms. The van der Waals surface area contributed by atoms with E-state index in [1.807, 2.05) is 37.8 Å². The van der Waals surface area contributed by atoms with Crippen molar-refractivity contribution in [3.63, 3.8) is 0 Å². The average molecular weight is 424 g/mol. The summed E-state index contributed by atoms with van der Waals surface area (Å²) in [6.07, 6.45) is 1.78. The van der Waals surface area contributed by atoms with Crippen LogP contribution in [0.5, 0.6) is 0 Å². The van der Waals surface area contributed by atoms with Gasteiger partial charge in [-0.25, -0.2) is 9.97 Å². The fourth-order valence-corrected chi connectivity index (χ4v) is 4.31. The minimum Gasteiger partial charge on any atom is -0.347 e. The van der Waals surface area contributed by atoms with Gasteiger partial charge >= 0.3 is 0 Å². The van der Waals surface area contributed by atoms with Crippen LogP contribution in [-0.2, 0) is 0 Å². The van der Waals surface area contributed by atoms with Gasteiger partial charge in [-0.3, -0.25) is 9.59 Å². The van der Waals surface area contributed by atoms with Crippen LogP contribution in [0.15, 0.2) is 42.6 Å². The van der Waals surface area contributed by atoms with Crippen molar-refractivity contribution in [2.45, 2.75) is 26.3 Å². The Bertz CT molecular complexity index is 1030. The second-order valence-corrected chi connectivity index (χ2v) is 9.34. The number of anilines is 1. The molecule has 1 aliphatic heterocycles. The van der Waals surface area contributed by atoms with Crippen molar-refractivity contribution in [1.29, 1.82) is 0 Å². The summed E-state index contributed by atoms with van der Waals surface area (Å²) in [5.41, 5.74) is 1.76. The monoisotopic (exact) mass is 423 g/mol. The summed E-state index contributed by atoms with van der Waals surface area (Å²) < 4.78 is 0. The van der Waals surface area contributed by atoms with Crippen LogP contribution in [0.1, 0.15) is 41.5 Å². The van der Waals surface area contributed by atoms with Crippen molar-refractivity contribution in [3.8, 4) is 0 Å². The van der Waals surface area contributed by atoms with Crippen LogP contribution in [0, 0.1) is 0 Å². The molecule has 4 rings (SSSR count). The third kappa shape index (κ3) is 4.43. The molecule has 0 atom stereocenters. The number of rotatable bonds is 3. The quantitative estimate of drug-likeness (QED) is 0.700. The van der Waals surface area contributed by atoms with Crippen molar-refractivity contribution in [3.05, 3.63) is 53.7 Å². The van der Waals surface area contributed by atoms with E-state index in [9.17, 15) is 9.59 Å². The molecule has 0 bridgehead atoms. The van der Waals surface area contributed by atoms with Gasteiger partial charge < -0.3 is 15.1 Å². The van der Waals surface area contributed by atoms with Gasteiger partial charge in [-0.2, -0.15) is 0 Å². The zero-order valence-electron chi connectivity index (χ0n) is 17.4. The molecule has 156 valence electrons. The van der Waals surface area contributed by atoms with E-state index >= 15 is 0 Å². The molecule has 1 aromatic carbocycles. The summed E-state index contributed by atoms with van der Waals surface area (Å²) in [6, 6.07) is 10.7. The van der Waals surface area contributed by atoms with Crippen molar-refractivity contribution in [2.24, 2.45) is 0 Å². The van der Waals surface area contributed by atoms with Crippen molar-refractivity contribution < 1.29 is 9.59 Å². The number of pyridine rings is 1. The Morgan fingerprint density at radius 3 is 2.30 bits per heavy atom. The molecule has 3 heterocycles. The van der Waals surface area contributed by atoms with Gasteiger partial charge in [0.05, 0.1) is 0 Å². The highest BCUT2D eigenvalue weighted by Crippen LogP contribution is 2.27. The van der Waals surface area contributed by atoms with E-state index in [0.717, 1.165) is 28.6 Å². The largest absolute Gasteiger partial charge is 0.347 e. The molecule has 0 saturated carbocycles. The van der Waals surface area contributed by atoms with E-state index in [4.69, 9.17) is 0 Å². The summed E-state index contributed by atoms with van der Waals surface area (Å²) in [5, 5.41) is 3.88. The molecule has 1 fully saturated rings. The molecule has 1 N–H and O–H groups in total. The first-order valence-electron chi connectivity index (χ1n) is 9.98. The summed E-state index contributed by atoms with van der Waals surface area (Å²) in [5.74, 6) is -0.149. The Morgan fingerprint density at radius 1 is 1.00 bits per heavy atom. The molecule has 30 heavy (non-hydrogen) atoms. The molecule has 7 nitrogen and oxygen atoms in total. The highest BCUT2D eigenvalue weighted by atomic mass is 32.1. The number of amides is 2. The molecular formula is C22H25N5O2S. The summed E-state index contributed by atoms with van der Waals surface area (Å²) in [4.78, 5) is 39.1. The van der Waals surface area contributed by atoms with Gasteiger partial charge in [0.25, 0.3) is 11.8 Å². The zero-order chi connectivity index (χ0) is 21.3. The summed E-state index contributed by atoms with van der Waals surface area (Å²) in [6.45, 7) is 8.55. The Labute approximate surface area is 179 Å². The number of fused-ring (bicyclic) bond motifs is 1. The van der Waals surface area contributed by atoms with Crippen LogP contribution in [-0.4, -0.2) is 58.4 Å². The van der Waals surface area contributed by atoms with Crippen LogP contribution in [0.3, 0.4) is 0 Å². The van der Waals surface area contributed by atoms with Gasteiger partial charge in [-0.15, -0.1) is 0 Å². The molecule has 2 amide bonds. The van der Waals surface area contributed by atoms with E-state index in [2.05, 4.69) is 20.2 Å². The van der Waals surface area contributed by atoms with Gasteiger partial charge in [-0.05, 0) is 57.2 Å². The molecular weight excluding hydrogens is 398 g/mol.